The molecule has 2 saturated heterocycles. The third kappa shape index (κ3) is 2.79. The second kappa shape index (κ2) is 3.82. The minimum absolute atomic E-state index is 0.435. The number of ether oxygens (including phenoxy) is 2. The van der Waals surface area contributed by atoms with Crippen LogP contribution in [0.4, 0.5) is 0 Å². The van der Waals surface area contributed by atoms with Crippen LogP contribution in [0.25, 0.3) is 0 Å². The summed E-state index contributed by atoms with van der Waals surface area (Å²) in [4.78, 5) is 0. The Morgan fingerprint density at radius 1 is 1.22 bits per heavy atom. The Hall–Kier alpha value is -0.120. The van der Waals surface area contributed by atoms with E-state index in [2.05, 4.69) is 4.74 Å². The summed E-state index contributed by atoms with van der Waals surface area (Å²) < 4.78 is 9.21. The highest BCUT2D eigenvalue weighted by atomic mass is 16.6. The number of hydrogen-bond donors (Lipinski definition) is 1. The van der Waals surface area contributed by atoms with Crippen molar-refractivity contribution in [2.45, 2.75) is 19.1 Å². The van der Waals surface area contributed by atoms with Gasteiger partial charge in [0.2, 0.25) is 0 Å². The van der Waals surface area contributed by atoms with Gasteiger partial charge in [0.25, 0.3) is 0 Å². The number of aliphatic hydroxyl groups is 1. The molecule has 0 aromatic heterocycles. The molecule has 9 heavy (non-hydrogen) atoms. The molecule has 0 bridgehead atoms. The highest BCUT2D eigenvalue weighted by molar-refractivity contribution is 4.49. The normalized spacial score (nSPS) is 31.0. The molecule has 0 aromatic carbocycles. The average Bonchev–Trinajstić information content (AvgIpc) is 1.56. The first-order valence-electron chi connectivity index (χ1n) is 3.27. The van der Waals surface area contributed by atoms with Crippen molar-refractivity contribution in [3.8, 4) is 0 Å². The van der Waals surface area contributed by atoms with Crippen LogP contribution in [0, 0.1) is 0 Å². The number of hydrogen-bond acceptors (Lipinski definition) is 3. The molecule has 1 N–H and O–H groups in total. The third-order valence-electron chi connectivity index (χ3n) is 1.25. The van der Waals surface area contributed by atoms with Gasteiger partial charge >= 0.3 is 0 Å². The van der Waals surface area contributed by atoms with E-state index in [-0.39, 0.29) is 0 Å². The smallest absolute Gasteiger partial charge is 0.156 e. The maximum absolute atomic E-state index is 8.23. The lowest BCUT2D eigenvalue weighted by atomic mass is 10.4. The highest BCUT2D eigenvalue weighted by Gasteiger charge is 2.11. The van der Waals surface area contributed by atoms with Gasteiger partial charge in [-0.3, -0.25) is 0 Å². The van der Waals surface area contributed by atoms with Crippen molar-refractivity contribution in [3.63, 3.8) is 0 Å². The van der Waals surface area contributed by atoms with Crippen LogP contribution >= 0.6 is 0 Å². The lowest BCUT2D eigenvalue weighted by Crippen LogP contribution is -2.25. The van der Waals surface area contributed by atoms with Gasteiger partial charge in [-0.1, -0.05) is 0 Å². The summed E-state index contributed by atoms with van der Waals surface area (Å²) in [5.41, 5.74) is 0. The zero-order valence-electron chi connectivity index (χ0n) is 5.38. The largest absolute Gasteiger partial charge is 0.381 e. The number of rotatable bonds is 0. The van der Waals surface area contributed by atoms with Gasteiger partial charge in [0, 0.05) is 19.6 Å². The maximum Gasteiger partial charge on any atom is 0.156 e. The molecule has 3 nitrogen and oxygen atoms in total. The van der Waals surface area contributed by atoms with Gasteiger partial charge in [0.05, 0.1) is 6.61 Å². The SMILES string of the molecule is C1COC1.OC1CCO1. The zero-order chi connectivity index (χ0) is 6.53. The van der Waals surface area contributed by atoms with Gasteiger partial charge in [-0.05, 0) is 6.42 Å². The molecule has 0 aliphatic carbocycles. The summed E-state index contributed by atoms with van der Waals surface area (Å²) >= 11 is 0. The Kier molecular flexibility index (Phi) is 2.97. The van der Waals surface area contributed by atoms with Crippen molar-refractivity contribution < 1.29 is 14.6 Å². The fraction of sp³-hybridized carbons (Fsp3) is 1.00. The summed E-state index contributed by atoms with van der Waals surface area (Å²) in [7, 11) is 0. The quantitative estimate of drug-likeness (QED) is 0.509. The molecule has 0 aromatic rings. The molecular formula is C6H12O3. The summed E-state index contributed by atoms with van der Waals surface area (Å²) in [6.45, 7) is 2.74. The van der Waals surface area contributed by atoms with E-state index in [4.69, 9.17) is 9.84 Å². The van der Waals surface area contributed by atoms with Crippen molar-refractivity contribution in [3.05, 3.63) is 0 Å². The van der Waals surface area contributed by atoms with Gasteiger partial charge in [0.15, 0.2) is 6.29 Å². The van der Waals surface area contributed by atoms with Crippen molar-refractivity contribution in [1.29, 1.82) is 0 Å². The lowest BCUT2D eigenvalue weighted by molar-refractivity contribution is -0.182. The predicted octanol–water partition coefficient (Wildman–Crippen LogP) is 0.132. The average molecular weight is 132 g/mol. The Bertz CT molecular complexity index is 62.7. The molecule has 2 aliphatic heterocycles. The van der Waals surface area contributed by atoms with Crippen LogP contribution in [-0.4, -0.2) is 31.2 Å². The van der Waals surface area contributed by atoms with Crippen LogP contribution in [0.2, 0.25) is 0 Å². The molecule has 1 atom stereocenters. The van der Waals surface area contributed by atoms with Crippen LogP contribution < -0.4 is 0 Å². The first-order chi connectivity index (χ1) is 4.39. The van der Waals surface area contributed by atoms with Crippen LogP contribution in [-0.2, 0) is 9.47 Å². The fourth-order valence-electron chi connectivity index (χ4n) is 0.368. The Balaban J connectivity index is 0.0000000922. The van der Waals surface area contributed by atoms with Crippen LogP contribution in [0.3, 0.4) is 0 Å². The summed E-state index contributed by atoms with van der Waals surface area (Å²) in [5.74, 6) is 0. The predicted molar refractivity (Wildman–Crippen MR) is 32.0 cm³/mol. The summed E-state index contributed by atoms with van der Waals surface area (Å²) in [6, 6.07) is 0. The third-order valence-corrected chi connectivity index (χ3v) is 1.25. The number of aliphatic hydroxyl groups excluding tert-OH is 1. The fourth-order valence-corrected chi connectivity index (χ4v) is 0.368. The van der Waals surface area contributed by atoms with E-state index >= 15 is 0 Å². The molecule has 1 unspecified atom stereocenters. The minimum Gasteiger partial charge on any atom is -0.381 e. The van der Waals surface area contributed by atoms with Crippen molar-refractivity contribution in [1.82, 2.24) is 0 Å². The van der Waals surface area contributed by atoms with Crippen LogP contribution in [0.15, 0.2) is 0 Å². The Morgan fingerprint density at radius 2 is 1.56 bits per heavy atom. The van der Waals surface area contributed by atoms with E-state index in [1.54, 1.807) is 0 Å². The molecule has 3 heteroatoms. The first kappa shape index (κ1) is 6.99. The van der Waals surface area contributed by atoms with E-state index in [0.717, 1.165) is 26.2 Å². The molecule has 2 fully saturated rings. The topological polar surface area (TPSA) is 38.7 Å². The van der Waals surface area contributed by atoms with E-state index in [0.29, 0.717) is 0 Å². The molecule has 0 radical (unpaired) electrons. The van der Waals surface area contributed by atoms with E-state index < -0.39 is 6.29 Å². The van der Waals surface area contributed by atoms with Crippen LogP contribution in [0.1, 0.15) is 12.8 Å². The van der Waals surface area contributed by atoms with Crippen LogP contribution in [0.5, 0.6) is 0 Å². The monoisotopic (exact) mass is 132 g/mol. The van der Waals surface area contributed by atoms with Gasteiger partial charge in [-0.15, -0.1) is 0 Å². The standard InChI is InChI=1S/C3H6O2.C3H6O/c4-3-1-2-5-3;1-2-4-3-1/h3-4H,1-2H2;1-3H2. The second-order valence-corrected chi connectivity index (χ2v) is 2.08. The lowest BCUT2D eigenvalue weighted by Gasteiger charge is -2.19. The molecule has 0 saturated carbocycles. The molecule has 0 spiro atoms. The van der Waals surface area contributed by atoms with E-state index in [9.17, 15) is 0 Å². The molecule has 2 heterocycles. The summed E-state index contributed by atoms with van der Waals surface area (Å²) in [6.07, 6.45) is 1.66. The highest BCUT2D eigenvalue weighted by Crippen LogP contribution is 2.04. The van der Waals surface area contributed by atoms with E-state index in [1.807, 2.05) is 0 Å². The molecule has 2 rings (SSSR count). The zero-order valence-corrected chi connectivity index (χ0v) is 5.38. The van der Waals surface area contributed by atoms with Crippen molar-refractivity contribution in [2.75, 3.05) is 19.8 Å². The maximum atomic E-state index is 8.23. The minimum atomic E-state index is -0.435. The second-order valence-electron chi connectivity index (χ2n) is 2.08. The molecule has 54 valence electrons. The Labute approximate surface area is 54.6 Å². The van der Waals surface area contributed by atoms with Crippen molar-refractivity contribution in [2.24, 2.45) is 0 Å². The summed E-state index contributed by atoms with van der Waals surface area (Å²) in [5, 5.41) is 8.23. The van der Waals surface area contributed by atoms with Gasteiger partial charge in [-0.25, -0.2) is 0 Å². The van der Waals surface area contributed by atoms with E-state index in [1.165, 1.54) is 6.42 Å². The van der Waals surface area contributed by atoms with Gasteiger partial charge < -0.3 is 14.6 Å². The Morgan fingerprint density at radius 3 is 1.56 bits per heavy atom. The molecule has 0 amide bonds. The molecule has 2 aliphatic rings. The molecular weight excluding hydrogens is 120 g/mol. The van der Waals surface area contributed by atoms with Gasteiger partial charge in [-0.2, -0.15) is 0 Å². The first-order valence-corrected chi connectivity index (χ1v) is 3.27. The van der Waals surface area contributed by atoms with Crippen molar-refractivity contribution >= 4 is 0 Å². The van der Waals surface area contributed by atoms with Gasteiger partial charge in [0.1, 0.15) is 0 Å².